The Morgan fingerprint density at radius 1 is 1.33 bits per heavy atom. The summed E-state index contributed by atoms with van der Waals surface area (Å²) in [6.07, 6.45) is 7.21. The van der Waals surface area contributed by atoms with Crippen LogP contribution in [0.25, 0.3) is 0 Å². The standard InChI is InChI=1S/C18H20FN3O2/c19-14-2-1-3-15(8-14)24-17-5-4-13-9-22(10-16(13)17)18(23)11-21-7-6-20-12-21/h1-3,6-8,12-13,16-17H,4-5,9-11H2/t13-,16+,17-/m0/s1. The van der Waals surface area contributed by atoms with Gasteiger partial charge in [-0.25, -0.2) is 9.37 Å². The van der Waals surface area contributed by atoms with E-state index in [1.807, 2.05) is 4.90 Å². The molecule has 4 rings (SSSR count). The van der Waals surface area contributed by atoms with E-state index in [0.29, 0.717) is 24.1 Å². The average molecular weight is 329 g/mol. The fraction of sp³-hybridized carbons (Fsp3) is 0.444. The summed E-state index contributed by atoms with van der Waals surface area (Å²) in [5.74, 6) is 1.22. The van der Waals surface area contributed by atoms with Gasteiger partial charge in [0.1, 0.15) is 24.2 Å². The first-order valence-electron chi connectivity index (χ1n) is 8.35. The predicted octanol–water partition coefficient (Wildman–Crippen LogP) is 2.34. The quantitative estimate of drug-likeness (QED) is 0.865. The van der Waals surface area contributed by atoms with Crippen molar-refractivity contribution in [3.8, 4) is 5.75 Å². The number of rotatable bonds is 4. The maximum Gasteiger partial charge on any atom is 0.242 e. The molecule has 1 aliphatic carbocycles. The van der Waals surface area contributed by atoms with Crippen LogP contribution >= 0.6 is 0 Å². The third kappa shape index (κ3) is 3.00. The molecule has 6 heteroatoms. The van der Waals surface area contributed by atoms with Crippen molar-refractivity contribution in [3.05, 3.63) is 48.8 Å². The van der Waals surface area contributed by atoms with E-state index in [0.717, 1.165) is 25.9 Å². The van der Waals surface area contributed by atoms with Gasteiger partial charge in [-0.2, -0.15) is 0 Å². The lowest BCUT2D eigenvalue weighted by atomic mass is 9.99. The first-order chi connectivity index (χ1) is 11.7. The van der Waals surface area contributed by atoms with Crippen LogP contribution in [0.4, 0.5) is 4.39 Å². The Bertz CT molecular complexity index is 719. The highest BCUT2D eigenvalue weighted by Gasteiger charge is 2.45. The summed E-state index contributed by atoms with van der Waals surface area (Å²) in [4.78, 5) is 18.3. The van der Waals surface area contributed by atoms with Gasteiger partial charge in [0.05, 0.1) is 6.33 Å². The zero-order valence-corrected chi connectivity index (χ0v) is 13.3. The van der Waals surface area contributed by atoms with Crippen LogP contribution < -0.4 is 4.74 Å². The molecule has 1 saturated heterocycles. The second-order valence-electron chi connectivity index (χ2n) is 6.65. The fourth-order valence-corrected chi connectivity index (χ4v) is 3.92. The molecule has 126 valence electrons. The van der Waals surface area contributed by atoms with Crippen LogP contribution in [0, 0.1) is 17.7 Å². The van der Waals surface area contributed by atoms with E-state index in [1.54, 1.807) is 35.4 Å². The molecule has 2 heterocycles. The number of hydrogen-bond donors (Lipinski definition) is 0. The van der Waals surface area contributed by atoms with Crippen LogP contribution in [0.5, 0.6) is 5.75 Å². The van der Waals surface area contributed by atoms with Crippen molar-refractivity contribution in [2.45, 2.75) is 25.5 Å². The lowest BCUT2D eigenvalue weighted by Gasteiger charge is -2.22. The number of benzene rings is 1. The molecule has 0 radical (unpaired) electrons. The van der Waals surface area contributed by atoms with Crippen molar-refractivity contribution < 1.29 is 13.9 Å². The molecule has 1 aliphatic heterocycles. The summed E-state index contributed by atoms with van der Waals surface area (Å²) in [5, 5.41) is 0. The number of likely N-dealkylation sites (tertiary alicyclic amines) is 1. The van der Waals surface area contributed by atoms with Crippen molar-refractivity contribution in [3.63, 3.8) is 0 Å². The highest BCUT2D eigenvalue weighted by molar-refractivity contribution is 5.76. The first-order valence-corrected chi connectivity index (χ1v) is 8.35. The number of carbonyl (C=O) groups is 1. The van der Waals surface area contributed by atoms with E-state index >= 15 is 0 Å². The van der Waals surface area contributed by atoms with Gasteiger partial charge in [-0.05, 0) is 30.9 Å². The molecule has 5 nitrogen and oxygen atoms in total. The predicted molar refractivity (Wildman–Crippen MR) is 85.8 cm³/mol. The Balaban J connectivity index is 1.39. The number of imidazole rings is 1. The van der Waals surface area contributed by atoms with Gasteiger partial charge in [-0.15, -0.1) is 0 Å². The number of fused-ring (bicyclic) bond motifs is 1. The second kappa shape index (κ2) is 6.26. The molecule has 1 saturated carbocycles. The number of carbonyl (C=O) groups excluding carboxylic acids is 1. The molecule has 2 fully saturated rings. The van der Waals surface area contributed by atoms with E-state index in [4.69, 9.17) is 4.74 Å². The number of aromatic nitrogens is 2. The molecular formula is C18H20FN3O2. The van der Waals surface area contributed by atoms with Gasteiger partial charge in [0.25, 0.3) is 0 Å². The molecule has 2 aromatic rings. The van der Waals surface area contributed by atoms with Gasteiger partial charge in [0, 0.05) is 37.5 Å². The molecule has 2 aliphatic rings. The molecule has 1 aromatic heterocycles. The van der Waals surface area contributed by atoms with Gasteiger partial charge in [-0.1, -0.05) is 6.07 Å². The Kier molecular flexibility index (Phi) is 3.96. The summed E-state index contributed by atoms with van der Waals surface area (Å²) in [6.45, 7) is 1.84. The molecule has 0 N–H and O–H groups in total. The number of halogens is 1. The van der Waals surface area contributed by atoms with Gasteiger partial charge < -0.3 is 14.2 Å². The Hall–Kier alpha value is -2.37. The average Bonchev–Trinajstić information content (AvgIpc) is 3.26. The highest BCUT2D eigenvalue weighted by atomic mass is 19.1. The van der Waals surface area contributed by atoms with Crippen molar-refractivity contribution in [1.29, 1.82) is 0 Å². The summed E-state index contributed by atoms with van der Waals surface area (Å²) in [6, 6.07) is 6.28. The topological polar surface area (TPSA) is 47.4 Å². The highest BCUT2D eigenvalue weighted by Crippen LogP contribution is 2.40. The third-order valence-electron chi connectivity index (χ3n) is 5.10. The van der Waals surface area contributed by atoms with Gasteiger partial charge in [0.2, 0.25) is 5.91 Å². The normalized spacial score (nSPS) is 25.7. The molecule has 0 unspecified atom stereocenters. The Labute approximate surface area is 140 Å². The number of nitrogens with zero attached hydrogens (tertiary/aromatic N) is 3. The monoisotopic (exact) mass is 329 g/mol. The van der Waals surface area contributed by atoms with E-state index in [9.17, 15) is 9.18 Å². The maximum absolute atomic E-state index is 13.3. The second-order valence-corrected chi connectivity index (χ2v) is 6.65. The maximum atomic E-state index is 13.3. The zero-order chi connectivity index (χ0) is 16.5. The lowest BCUT2D eigenvalue weighted by molar-refractivity contribution is -0.131. The van der Waals surface area contributed by atoms with Crippen LogP contribution in [0.15, 0.2) is 43.0 Å². The van der Waals surface area contributed by atoms with Crippen molar-refractivity contribution >= 4 is 5.91 Å². The summed E-state index contributed by atoms with van der Waals surface area (Å²) in [5.41, 5.74) is 0. The molecule has 0 spiro atoms. The summed E-state index contributed by atoms with van der Waals surface area (Å²) >= 11 is 0. The Morgan fingerprint density at radius 2 is 2.25 bits per heavy atom. The zero-order valence-electron chi connectivity index (χ0n) is 13.3. The smallest absolute Gasteiger partial charge is 0.242 e. The number of hydrogen-bond acceptors (Lipinski definition) is 3. The van der Waals surface area contributed by atoms with Crippen LogP contribution in [0.1, 0.15) is 12.8 Å². The fourth-order valence-electron chi connectivity index (χ4n) is 3.92. The minimum Gasteiger partial charge on any atom is -0.490 e. The number of ether oxygens (including phenoxy) is 1. The van der Waals surface area contributed by atoms with Gasteiger partial charge in [0.15, 0.2) is 0 Å². The van der Waals surface area contributed by atoms with E-state index < -0.39 is 0 Å². The molecule has 24 heavy (non-hydrogen) atoms. The van der Waals surface area contributed by atoms with Crippen molar-refractivity contribution in [2.24, 2.45) is 11.8 Å². The largest absolute Gasteiger partial charge is 0.490 e. The van der Waals surface area contributed by atoms with E-state index in [1.165, 1.54) is 12.1 Å². The van der Waals surface area contributed by atoms with Gasteiger partial charge in [-0.3, -0.25) is 4.79 Å². The lowest BCUT2D eigenvalue weighted by Crippen LogP contribution is -2.34. The van der Waals surface area contributed by atoms with Crippen LogP contribution in [0.3, 0.4) is 0 Å². The van der Waals surface area contributed by atoms with Gasteiger partial charge >= 0.3 is 0 Å². The molecule has 3 atom stereocenters. The first kappa shape index (κ1) is 15.2. The molecular weight excluding hydrogens is 309 g/mol. The molecule has 0 bridgehead atoms. The Morgan fingerprint density at radius 3 is 3.04 bits per heavy atom. The molecule has 1 aromatic carbocycles. The third-order valence-corrected chi connectivity index (χ3v) is 5.10. The molecule has 1 amide bonds. The van der Waals surface area contributed by atoms with E-state index in [-0.39, 0.29) is 17.8 Å². The SMILES string of the molecule is O=C(Cn1ccnc1)N1C[C@@H]2CC[C@H](Oc3cccc(F)c3)[C@@H]2C1. The minimum atomic E-state index is -0.286. The van der Waals surface area contributed by atoms with Crippen LogP contribution in [-0.2, 0) is 11.3 Å². The van der Waals surface area contributed by atoms with E-state index in [2.05, 4.69) is 4.98 Å². The summed E-state index contributed by atoms with van der Waals surface area (Å²) < 4.78 is 21.1. The number of amides is 1. The van der Waals surface area contributed by atoms with Crippen LogP contribution in [-0.4, -0.2) is 39.6 Å². The minimum absolute atomic E-state index is 0.0582. The van der Waals surface area contributed by atoms with Crippen LogP contribution in [0.2, 0.25) is 0 Å². The summed E-state index contributed by atoms with van der Waals surface area (Å²) in [7, 11) is 0. The van der Waals surface area contributed by atoms with Crippen molar-refractivity contribution in [1.82, 2.24) is 14.5 Å². The van der Waals surface area contributed by atoms with Crippen molar-refractivity contribution in [2.75, 3.05) is 13.1 Å².